The number of fused-ring (bicyclic) bond motifs is 1. The maximum absolute atomic E-state index is 13.5. The molecule has 1 fully saturated rings. The van der Waals surface area contributed by atoms with Crippen LogP contribution in [0.5, 0.6) is 0 Å². The van der Waals surface area contributed by atoms with Crippen molar-refractivity contribution in [3.05, 3.63) is 60.0 Å². The van der Waals surface area contributed by atoms with Gasteiger partial charge in [-0.25, -0.2) is 0 Å². The van der Waals surface area contributed by atoms with E-state index < -0.39 is 12.2 Å². The molecule has 5 rings (SSSR count). The minimum atomic E-state index is -0.659. The van der Waals surface area contributed by atoms with Crippen LogP contribution in [0.4, 0.5) is 11.4 Å². The lowest BCUT2D eigenvalue weighted by Crippen LogP contribution is -2.43. The topological polar surface area (TPSA) is 104 Å². The van der Waals surface area contributed by atoms with Crippen molar-refractivity contribution in [3.8, 4) is 11.4 Å². The summed E-state index contributed by atoms with van der Waals surface area (Å²) in [6, 6.07) is 15.0. The Morgan fingerprint density at radius 2 is 1.87 bits per heavy atom. The number of ether oxygens (including phenoxy) is 2. The monoisotopic (exact) mass is 420 g/mol. The lowest BCUT2D eigenvalue weighted by molar-refractivity contribution is -0.229. The van der Waals surface area contributed by atoms with Crippen LogP contribution in [0.15, 0.2) is 53.1 Å². The van der Waals surface area contributed by atoms with Crippen LogP contribution < -0.4 is 10.6 Å². The predicted molar refractivity (Wildman–Crippen MR) is 114 cm³/mol. The number of nitrogen functional groups attached to an aromatic ring is 1. The second-order valence-electron chi connectivity index (χ2n) is 8.75. The molecule has 2 aliphatic rings. The molecule has 0 aliphatic carbocycles. The maximum Gasteiger partial charge on any atom is 0.247 e. The molecular formula is C23H24N4O4. The molecule has 1 atom stereocenters. The van der Waals surface area contributed by atoms with Gasteiger partial charge in [-0.3, -0.25) is 4.79 Å². The van der Waals surface area contributed by atoms with Crippen LogP contribution in [0.2, 0.25) is 0 Å². The number of amides is 1. The lowest BCUT2D eigenvalue weighted by Gasteiger charge is -2.36. The van der Waals surface area contributed by atoms with Crippen molar-refractivity contribution in [2.45, 2.75) is 32.6 Å². The Balaban J connectivity index is 1.42. The van der Waals surface area contributed by atoms with E-state index in [1.54, 1.807) is 11.0 Å². The average Bonchev–Trinajstić information content (AvgIpc) is 3.32. The van der Waals surface area contributed by atoms with Crippen LogP contribution in [-0.2, 0) is 20.8 Å². The van der Waals surface area contributed by atoms with Crippen molar-refractivity contribution in [1.82, 2.24) is 10.1 Å². The summed E-state index contributed by atoms with van der Waals surface area (Å²) in [4.78, 5) is 19.6. The van der Waals surface area contributed by atoms with Gasteiger partial charge in [-0.05, 0) is 23.8 Å². The molecule has 8 heteroatoms. The standard InChI is InChI=1S/C23H24N4O4/c1-23(2)12-29-22(30-13-23)19-16-10-15(24)8-9-17(16)27(21(19)28)11-18-25-20(26-31-18)14-6-4-3-5-7-14/h3-10,19,22H,11-13,24H2,1-2H3. The van der Waals surface area contributed by atoms with E-state index in [0.717, 1.165) is 16.8 Å². The van der Waals surface area contributed by atoms with Gasteiger partial charge in [-0.15, -0.1) is 0 Å². The number of hydrogen-bond donors (Lipinski definition) is 1. The second kappa shape index (κ2) is 7.47. The number of carbonyl (C=O) groups excluding carboxylic acids is 1. The van der Waals surface area contributed by atoms with Gasteiger partial charge in [-0.1, -0.05) is 49.3 Å². The van der Waals surface area contributed by atoms with Crippen LogP contribution in [0.1, 0.15) is 31.2 Å². The first-order valence-electron chi connectivity index (χ1n) is 10.2. The van der Waals surface area contributed by atoms with Crippen molar-refractivity contribution in [3.63, 3.8) is 0 Å². The fraction of sp³-hybridized carbons (Fsp3) is 0.348. The smallest absolute Gasteiger partial charge is 0.247 e. The fourth-order valence-corrected chi connectivity index (χ4v) is 3.97. The molecule has 160 valence electrons. The average molecular weight is 420 g/mol. The normalized spacial score (nSPS) is 20.8. The number of hydrogen-bond acceptors (Lipinski definition) is 7. The van der Waals surface area contributed by atoms with Gasteiger partial charge in [0.25, 0.3) is 0 Å². The quantitative estimate of drug-likeness (QED) is 0.646. The highest BCUT2D eigenvalue weighted by Crippen LogP contribution is 2.43. The molecule has 3 aromatic rings. The fourth-order valence-electron chi connectivity index (χ4n) is 3.97. The third-order valence-electron chi connectivity index (χ3n) is 5.55. The first-order valence-corrected chi connectivity index (χ1v) is 10.2. The number of rotatable bonds is 4. The van der Waals surface area contributed by atoms with E-state index >= 15 is 0 Å². The summed E-state index contributed by atoms with van der Waals surface area (Å²) < 4.78 is 17.3. The van der Waals surface area contributed by atoms with Gasteiger partial charge in [0.1, 0.15) is 12.5 Å². The molecule has 0 saturated carbocycles. The molecule has 0 radical (unpaired) electrons. The number of nitrogens with two attached hydrogens (primary N) is 1. The first-order chi connectivity index (χ1) is 14.9. The summed E-state index contributed by atoms with van der Waals surface area (Å²) in [5.74, 6) is 0.107. The Labute approximate surface area is 179 Å². The molecule has 2 aromatic carbocycles. The van der Waals surface area contributed by atoms with E-state index in [-0.39, 0.29) is 17.9 Å². The highest BCUT2D eigenvalue weighted by molar-refractivity contribution is 6.05. The molecule has 0 spiro atoms. The molecule has 3 heterocycles. The van der Waals surface area contributed by atoms with E-state index in [4.69, 9.17) is 19.7 Å². The zero-order valence-corrected chi connectivity index (χ0v) is 17.4. The van der Waals surface area contributed by atoms with Crippen molar-refractivity contribution < 1.29 is 18.8 Å². The molecule has 2 N–H and O–H groups in total. The highest BCUT2D eigenvalue weighted by Gasteiger charge is 2.46. The molecule has 2 aliphatic heterocycles. The van der Waals surface area contributed by atoms with Gasteiger partial charge in [-0.2, -0.15) is 4.98 Å². The Morgan fingerprint density at radius 1 is 1.13 bits per heavy atom. The van der Waals surface area contributed by atoms with Gasteiger partial charge in [0.15, 0.2) is 6.29 Å². The zero-order chi connectivity index (χ0) is 21.6. The Bertz CT molecular complexity index is 1100. The molecule has 8 nitrogen and oxygen atoms in total. The number of anilines is 2. The van der Waals surface area contributed by atoms with Crippen molar-refractivity contribution in [2.75, 3.05) is 23.8 Å². The zero-order valence-electron chi connectivity index (χ0n) is 17.4. The van der Waals surface area contributed by atoms with Crippen molar-refractivity contribution in [1.29, 1.82) is 0 Å². The van der Waals surface area contributed by atoms with E-state index in [0.29, 0.717) is 30.6 Å². The van der Waals surface area contributed by atoms with Crippen LogP contribution >= 0.6 is 0 Å². The summed E-state index contributed by atoms with van der Waals surface area (Å²) >= 11 is 0. The van der Waals surface area contributed by atoms with Crippen molar-refractivity contribution >= 4 is 17.3 Å². The summed E-state index contributed by atoms with van der Waals surface area (Å²) in [6.07, 6.45) is -0.659. The summed E-state index contributed by atoms with van der Waals surface area (Å²) in [7, 11) is 0. The van der Waals surface area contributed by atoms with Crippen LogP contribution in [0.25, 0.3) is 11.4 Å². The highest BCUT2D eigenvalue weighted by atomic mass is 16.7. The number of benzene rings is 2. The first kappa shape index (κ1) is 19.7. The summed E-state index contributed by atoms with van der Waals surface area (Å²) in [5.41, 5.74) is 8.91. The number of nitrogens with zero attached hydrogens (tertiary/aromatic N) is 3. The Kier molecular flexibility index (Phi) is 4.75. The van der Waals surface area contributed by atoms with Gasteiger partial charge >= 0.3 is 0 Å². The Hall–Kier alpha value is -3.23. The molecular weight excluding hydrogens is 396 g/mol. The van der Waals surface area contributed by atoms with E-state index in [9.17, 15) is 4.79 Å². The SMILES string of the molecule is CC1(C)COC(C2C(=O)N(Cc3nc(-c4ccccc4)no3)c3ccc(N)cc32)OC1. The summed E-state index contributed by atoms with van der Waals surface area (Å²) in [6.45, 7) is 5.33. The van der Waals surface area contributed by atoms with Gasteiger partial charge in [0.2, 0.25) is 17.6 Å². The largest absolute Gasteiger partial charge is 0.399 e. The van der Waals surface area contributed by atoms with Gasteiger partial charge < -0.3 is 24.6 Å². The minimum absolute atomic E-state index is 0.0893. The second-order valence-corrected chi connectivity index (χ2v) is 8.75. The van der Waals surface area contributed by atoms with E-state index in [1.807, 2.05) is 42.5 Å². The molecule has 31 heavy (non-hydrogen) atoms. The third kappa shape index (κ3) is 3.68. The van der Waals surface area contributed by atoms with E-state index in [2.05, 4.69) is 24.0 Å². The minimum Gasteiger partial charge on any atom is -0.399 e. The molecule has 0 bridgehead atoms. The lowest BCUT2D eigenvalue weighted by atomic mass is 9.93. The molecule has 1 aromatic heterocycles. The Morgan fingerprint density at radius 3 is 2.61 bits per heavy atom. The molecule has 1 amide bonds. The molecule has 1 unspecified atom stereocenters. The van der Waals surface area contributed by atoms with Crippen LogP contribution in [-0.4, -0.2) is 35.6 Å². The number of carbonyl (C=O) groups is 1. The van der Waals surface area contributed by atoms with Crippen molar-refractivity contribution in [2.24, 2.45) is 5.41 Å². The number of aromatic nitrogens is 2. The summed E-state index contributed by atoms with van der Waals surface area (Å²) in [5, 5.41) is 4.05. The predicted octanol–water partition coefficient (Wildman–Crippen LogP) is 3.35. The molecule has 1 saturated heterocycles. The third-order valence-corrected chi connectivity index (χ3v) is 5.55. The van der Waals surface area contributed by atoms with Crippen LogP contribution in [0.3, 0.4) is 0 Å². The van der Waals surface area contributed by atoms with E-state index in [1.165, 1.54) is 0 Å². The van der Waals surface area contributed by atoms with Crippen LogP contribution in [0, 0.1) is 5.41 Å². The van der Waals surface area contributed by atoms with Gasteiger partial charge in [0, 0.05) is 22.4 Å². The maximum atomic E-state index is 13.5. The van der Waals surface area contributed by atoms with Gasteiger partial charge in [0.05, 0.1) is 13.2 Å².